The monoisotopic (exact) mass is 1460 g/mol. The number of hydrogen-bond donors (Lipinski definition) is 0. The van der Waals surface area contributed by atoms with E-state index >= 15 is 0 Å². The normalized spacial score (nSPS) is 12.0. The van der Waals surface area contributed by atoms with Gasteiger partial charge in [0.15, 0.2) is 0 Å². The van der Waals surface area contributed by atoms with E-state index in [9.17, 15) is 5.53 Å². The van der Waals surface area contributed by atoms with Crippen LogP contribution < -0.4 is 0 Å². The molecule has 0 saturated heterocycles. The van der Waals surface area contributed by atoms with Gasteiger partial charge < -0.3 is 19.4 Å². The Kier molecular flexibility index (Phi) is 73.4. The van der Waals surface area contributed by atoms with Crippen molar-refractivity contribution in [1.29, 1.82) is 0 Å². The molecule has 2 nitrogen and oxygen atoms in total. The molecule has 103 heavy (non-hydrogen) atoms. The van der Waals surface area contributed by atoms with Crippen LogP contribution in [0.25, 0.3) is 16.9 Å². The number of nitrogens with zero attached hydrogens (tertiary/aromatic N) is 2. The largest absolute Gasteiger partial charge is 2.00 e. The van der Waals surface area contributed by atoms with Crippen molar-refractivity contribution < 1.29 is 21.2 Å². The van der Waals surface area contributed by atoms with Gasteiger partial charge in [-0.3, -0.25) is 0 Å². The van der Waals surface area contributed by atoms with Gasteiger partial charge in [-0.1, -0.05) is 439 Å². The molecule has 1 heterocycles. The van der Waals surface area contributed by atoms with Crippen LogP contribution in [0.2, 0.25) is 0 Å². The second kappa shape index (κ2) is 75.7. The van der Waals surface area contributed by atoms with E-state index in [0.29, 0.717) is 0 Å². The zero-order valence-corrected chi connectivity index (χ0v) is 71.7. The molecule has 3 rings (SSSR count). The molecule has 0 amide bonds. The third kappa shape index (κ3) is 51.0. The van der Waals surface area contributed by atoms with E-state index in [4.69, 9.17) is 0 Å². The maximum Gasteiger partial charge on any atom is 2.00 e. The molecule has 592 valence electrons. The number of hydrogen-bond acceptors (Lipinski definition) is 0. The minimum atomic E-state index is 0. The fourth-order valence-corrected chi connectivity index (χ4v) is 15.4. The summed E-state index contributed by atoms with van der Waals surface area (Å²) in [4.78, 5) is 0. The molecule has 2 aromatic carbocycles. The van der Waals surface area contributed by atoms with Gasteiger partial charge in [0, 0.05) is 27.8 Å². The minimum absolute atomic E-state index is 0. The van der Waals surface area contributed by atoms with Crippen molar-refractivity contribution in [1.82, 2.24) is 0 Å². The second-order valence-electron chi connectivity index (χ2n) is 31.3. The summed E-state index contributed by atoms with van der Waals surface area (Å²) in [6.07, 6.45) is 93.8. The van der Waals surface area contributed by atoms with E-state index in [1.54, 1.807) is 4.70 Å². The molecule has 0 aliphatic carbocycles. The first-order valence-corrected chi connectivity index (χ1v) is 45.7. The number of unbranched alkanes of at least 4 members (excludes halogenated alkanes) is 53. The number of aryl methyl sites for hydroxylation is 4. The quantitative estimate of drug-likeness (QED) is 0.0207. The summed E-state index contributed by atoms with van der Waals surface area (Å²) in [5, 5.41) is 0. The Bertz CT molecular complexity index is 2380. The minimum Gasteiger partial charge on any atom is -0.493 e. The standard InChI is InChI=1S/C68H106N2.2C16H33.Ni/c1-9-17-19-20-21-22-23-24-25-26-27-28-29-30-31-32-33-34-35-36-37-38-39-40-41-42-43-44-52-66-65(51-18-10-2)67(61-53-57(45-11-3)63(49-15-7)58(54-61)46-12-4)70(69)68(66)62-55-59(47-13-5)64(50-16-8)60(56-62)48-14-6;2*1-3-5-7-9-11-13-15-16-14-12-10-8-6-4-2;/h44,52-56H,9-14,17-43,45-48,51H2,1-8H3;2*1,3-16H2,2H3;/q;2*-1;+2. The van der Waals surface area contributed by atoms with E-state index in [1.807, 2.05) is 13.8 Å². The topological polar surface area (TPSA) is 25.3 Å². The summed E-state index contributed by atoms with van der Waals surface area (Å²) in [7, 11) is 0. The maximum absolute atomic E-state index is 12.8. The van der Waals surface area contributed by atoms with Crippen molar-refractivity contribution >= 4 is 11.4 Å². The first kappa shape index (κ1) is 99.9. The van der Waals surface area contributed by atoms with Gasteiger partial charge in [0.25, 0.3) is 0 Å². The van der Waals surface area contributed by atoms with E-state index in [2.05, 4.69) is 129 Å². The van der Waals surface area contributed by atoms with Crippen LogP contribution in [-0.2, 0) is 42.2 Å². The average molecular weight is 1460 g/mol. The van der Waals surface area contributed by atoms with Crippen LogP contribution in [0.4, 0.5) is 0 Å². The molecule has 0 saturated carbocycles. The third-order valence-corrected chi connectivity index (χ3v) is 21.5. The van der Waals surface area contributed by atoms with E-state index in [0.717, 1.165) is 112 Å². The van der Waals surface area contributed by atoms with Gasteiger partial charge in [-0.25, -0.2) is 4.70 Å². The number of benzene rings is 2. The van der Waals surface area contributed by atoms with Gasteiger partial charge in [-0.05, 0) is 112 Å². The molecule has 2 aromatic rings. The Morgan fingerprint density at radius 1 is 0.301 bits per heavy atom. The van der Waals surface area contributed by atoms with Crippen LogP contribution in [0.3, 0.4) is 0 Å². The summed E-state index contributed by atoms with van der Waals surface area (Å²) in [6.45, 7) is 29.9. The molecule has 1 aliphatic rings. The predicted octanol–water partition coefficient (Wildman–Crippen LogP) is 34.3. The van der Waals surface area contributed by atoms with Crippen molar-refractivity contribution in [2.75, 3.05) is 0 Å². The van der Waals surface area contributed by atoms with E-state index in [-0.39, 0.29) is 16.5 Å². The van der Waals surface area contributed by atoms with Crippen LogP contribution in [0, 0.1) is 37.5 Å². The fraction of sp³-hybridized carbons (Fsp3) is 0.760. The first-order chi connectivity index (χ1) is 50.3. The molecular formula is C100H172N2Ni. The molecule has 0 spiro atoms. The summed E-state index contributed by atoms with van der Waals surface area (Å²) >= 11 is 0. The number of rotatable bonds is 67. The predicted molar refractivity (Wildman–Crippen MR) is 462 cm³/mol. The Balaban J connectivity index is 0.00000258. The van der Waals surface area contributed by atoms with E-state index < -0.39 is 0 Å². The van der Waals surface area contributed by atoms with Crippen molar-refractivity contribution in [2.45, 2.75) is 493 Å². The van der Waals surface area contributed by atoms with Crippen molar-refractivity contribution in [3.63, 3.8) is 0 Å². The molecule has 0 fully saturated rings. The molecule has 0 unspecified atom stereocenters. The molecule has 0 radical (unpaired) electrons. The molecular weight excluding hydrogens is 1290 g/mol. The van der Waals surface area contributed by atoms with Crippen LogP contribution in [-0.4, -0.2) is 4.70 Å². The van der Waals surface area contributed by atoms with E-state index in [1.165, 1.54) is 378 Å². The summed E-state index contributed by atoms with van der Waals surface area (Å²) in [5.41, 5.74) is 26.9. The maximum atomic E-state index is 12.8. The first-order valence-electron chi connectivity index (χ1n) is 45.7. The molecule has 0 N–H and O–H groups in total. The van der Waals surface area contributed by atoms with Crippen molar-refractivity contribution in [2.24, 2.45) is 0 Å². The summed E-state index contributed by atoms with van der Waals surface area (Å²) in [5.74, 6) is 13.4. The SMILES string of the molecule is CC#Cc1c(CCC)cc(C2=C(C=CCCCCCCCCCCCCCCCCCCCCCCCCCCCC)C(CCCC)=C(c3cc(CCC)c(C#CC)c(CCC)c3)[N+]2=[N-])cc1CCC.[CH2-]CCCCCCCCCCCCCCC.[CH2-]CCCCCCCCCCCCCCC.[Ni+2]. The molecule has 0 bridgehead atoms. The Morgan fingerprint density at radius 3 is 0.767 bits per heavy atom. The third-order valence-electron chi connectivity index (χ3n) is 21.5. The molecule has 0 aromatic heterocycles. The van der Waals surface area contributed by atoms with Gasteiger partial charge in [-0.2, -0.15) is 12.8 Å². The zero-order chi connectivity index (χ0) is 74.2. The van der Waals surface area contributed by atoms with Gasteiger partial charge in [0.1, 0.15) is 0 Å². The molecule has 3 heteroatoms. The number of allylic oxidation sites excluding steroid dienone is 4. The second-order valence-corrected chi connectivity index (χ2v) is 31.3. The summed E-state index contributed by atoms with van der Waals surface area (Å²) in [6, 6.07) is 9.40. The Labute approximate surface area is 656 Å². The van der Waals surface area contributed by atoms with Crippen LogP contribution in [0.5, 0.6) is 0 Å². The zero-order valence-electron chi connectivity index (χ0n) is 70.8. The molecule has 1 aliphatic heterocycles. The van der Waals surface area contributed by atoms with Crippen LogP contribution in [0.1, 0.15) is 512 Å². The summed E-state index contributed by atoms with van der Waals surface area (Å²) < 4.78 is 1.59. The van der Waals surface area contributed by atoms with Gasteiger partial charge in [0.2, 0.25) is 11.4 Å². The van der Waals surface area contributed by atoms with Gasteiger partial charge in [0.05, 0.1) is 5.57 Å². The molecule has 0 atom stereocenters. The van der Waals surface area contributed by atoms with Crippen molar-refractivity contribution in [3.8, 4) is 23.7 Å². The van der Waals surface area contributed by atoms with Gasteiger partial charge in [-0.15, -0.1) is 11.8 Å². The Morgan fingerprint density at radius 2 is 0.534 bits per heavy atom. The van der Waals surface area contributed by atoms with Crippen LogP contribution >= 0.6 is 0 Å². The van der Waals surface area contributed by atoms with Gasteiger partial charge >= 0.3 is 16.5 Å². The fourth-order valence-electron chi connectivity index (χ4n) is 15.4. The average Bonchev–Trinajstić information content (AvgIpc) is 1.61. The Hall–Kier alpha value is -3.13. The van der Waals surface area contributed by atoms with Crippen molar-refractivity contribution in [3.05, 3.63) is 111 Å². The smallest absolute Gasteiger partial charge is 0.493 e. The van der Waals surface area contributed by atoms with Crippen LogP contribution in [0.15, 0.2) is 47.6 Å².